The number of nitrogens with zero attached hydrogens (tertiary/aromatic N) is 4. The van der Waals surface area contributed by atoms with E-state index in [-0.39, 0.29) is 0 Å². The van der Waals surface area contributed by atoms with Crippen LogP contribution in [0, 0.1) is 0 Å². The number of aryl methyl sites for hydroxylation is 1. The molecule has 21 heavy (non-hydrogen) atoms. The molecule has 0 fully saturated rings. The molecular formula is C14H21N5O2. The van der Waals surface area contributed by atoms with Gasteiger partial charge in [0.25, 0.3) is 0 Å². The van der Waals surface area contributed by atoms with Crippen molar-refractivity contribution in [3.8, 4) is 11.5 Å². The van der Waals surface area contributed by atoms with Gasteiger partial charge >= 0.3 is 0 Å². The van der Waals surface area contributed by atoms with E-state index in [1.807, 2.05) is 25.1 Å². The van der Waals surface area contributed by atoms with Crippen LogP contribution < -0.4 is 14.8 Å². The van der Waals surface area contributed by atoms with Crippen molar-refractivity contribution in [2.24, 2.45) is 0 Å². The van der Waals surface area contributed by atoms with E-state index in [2.05, 4.69) is 27.8 Å². The topological polar surface area (TPSA) is 74.1 Å². The lowest BCUT2D eigenvalue weighted by Crippen LogP contribution is -2.09. The Morgan fingerprint density at radius 3 is 2.81 bits per heavy atom. The molecule has 0 unspecified atom stereocenters. The van der Waals surface area contributed by atoms with Gasteiger partial charge in [-0.1, -0.05) is 18.1 Å². The Bertz CT molecular complexity index is 570. The van der Waals surface area contributed by atoms with E-state index in [1.54, 1.807) is 11.8 Å². The Morgan fingerprint density at radius 1 is 1.24 bits per heavy atom. The zero-order valence-corrected chi connectivity index (χ0v) is 12.7. The normalized spacial score (nSPS) is 10.4. The molecule has 0 spiro atoms. The van der Waals surface area contributed by atoms with Gasteiger partial charge in [-0.05, 0) is 41.5 Å². The van der Waals surface area contributed by atoms with E-state index in [4.69, 9.17) is 9.47 Å². The Kier molecular flexibility index (Phi) is 5.36. The minimum Gasteiger partial charge on any atom is -0.493 e. The molecule has 0 atom stereocenters. The molecule has 1 heterocycles. The first-order valence-corrected chi connectivity index (χ1v) is 7.08. The molecule has 0 radical (unpaired) electrons. The van der Waals surface area contributed by atoms with E-state index in [0.717, 1.165) is 30.0 Å². The third kappa shape index (κ3) is 3.84. The monoisotopic (exact) mass is 291 g/mol. The number of ether oxygens (including phenoxy) is 2. The molecule has 114 valence electrons. The second-order valence-electron chi connectivity index (χ2n) is 4.50. The van der Waals surface area contributed by atoms with Crippen molar-refractivity contribution in [1.82, 2.24) is 20.2 Å². The van der Waals surface area contributed by atoms with E-state index >= 15 is 0 Å². The fourth-order valence-electron chi connectivity index (χ4n) is 1.97. The summed E-state index contributed by atoms with van der Waals surface area (Å²) >= 11 is 0. The van der Waals surface area contributed by atoms with Crippen molar-refractivity contribution in [2.75, 3.05) is 19.0 Å². The lowest BCUT2D eigenvalue weighted by molar-refractivity contribution is 0.310. The summed E-state index contributed by atoms with van der Waals surface area (Å²) in [5, 5.41) is 14.8. The van der Waals surface area contributed by atoms with Gasteiger partial charge in [-0.3, -0.25) is 0 Å². The molecule has 0 aliphatic heterocycles. The number of methoxy groups -OCH3 is 1. The van der Waals surface area contributed by atoms with Gasteiger partial charge in [0, 0.05) is 13.1 Å². The number of tetrazole rings is 1. The van der Waals surface area contributed by atoms with Gasteiger partial charge < -0.3 is 14.8 Å². The molecular weight excluding hydrogens is 270 g/mol. The van der Waals surface area contributed by atoms with Gasteiger partial charge in [-0.25, -0.2) is 4.68 Å². The average molecular weight is 291 g/mol. The van der Waals surface area contributed by atoms with Gasteiger partial charge in [-0.15, -0.1) is 0 Å². The third-order valence-electron chi connectivity index (χ3n) is 2.95. The minimum absolute atomic E-state index is 0.599. The summed E-state index contributed by atoms with van der Waals surface area (Å²) in [5.74, 6) is 2.15. The third-order valence-corrected chi connectivity index (χ3v) is 2.95. The Balaban J connectivity index is 2.05. The number of rotatable bonds is 8. The lowest BCUT2D eigenvalue weighted by Gasteiger charge is -2.11. The maximum atomic E-state index is 5.57. The van der Waals surface area contributed by atoms with Gasteiger partial charge in [0.15, 0.2) is 11.5 Å². The van der Waals surface area contributed by atoms with Crippen LogP contribution in [0.25, 0.3) is 0 Å². The predicted octanol–water partition coefficient (Wildman–Crippen LogP) is 2.10. The summed E-state index contributed by atoms with van der Waals surface area (Å²) in [5.41, 5.74) is 1.07. The molecule has 7 nitrogen and oxygen atoms in total. The first-order chi connectivity index (χ1) is 10.3. The second-order valence-corrected chi connectivity index (χ2v) is 4.50. The number of aromatic nitrogens is 4. The van der Waals surface area contributed by atoms with Crippen LogP contribution in [0.1, 0.15) is 25.8 Å². The molecule has 0 amide bonds. The van der Waals surface area contributed by atoms with Crippen LogP contribution >= 0.6 is 0 Å². The summed E-state index contributed by atoms with van der Waals surface area (Å²) in [6.45, 7) is 6.05. The van der Waals surface area contributed by atoms with Gasteiger partial charge in [0.1, 0.15) is 0 Å². The molecule has 0 saturated carbocycles. The van der Waals surface area contributed by atoms with E-state index in [1.165, 1.54) is 0 Å². The van der Waals surface area contributed by atoms with E-state index < -0.39 is 0 Å². The number of anilines is 1. The number of hydrogen-bond acceptors (Lipinski definition) is 6. The first-order valence-electron chi connectivity index (χ1n) is 7.08. The lowest BCUT2D eigenvalue weighted by atomic mass is 10.2. The first kappa shape index (κ1) is 15.1. The number of hydrogen-bond donors (Lipinski definition) is 1. The zero-order valence-electron chi connectivity index (χ0n) is 12.7. The predicted molar refractivity (Wildman–Crippen MR) is 79.6 cm³/mol. The van der Waals surface area contributed by atoms with Crippen molar-refractivity contribution in [1.29, 1.82) is 0 Å². The van der Waals surface area contributed by atoms with Gasteiger partial charge in [-0.2, -0.15) is 0 Å². The second kappa shape index (κ2) is 7.47. The summed E-state index contributed by atoms with van der Waals surface area (Å²) in [7, 11) is 1.63. The van der Waals surface area contributed by atoms with E-state index in [0.29, 0.717) is 19.1 Å². The fourth-order valence-corrected chi connectivity index (χ4v) is 1.97. The fraction of sp³-hybridized carbons (Fsp3) is 0.500. The Hall–Kier alpha value is -2.31. The highest BCUT2D eigenvalue weighted by atomic mass is 16.5. The maximum Gasteiger partial charge on any atom is 0.243 e. The van der Waals surface area contributed by atoms with Crippen molar-refractivity contribution in [3.63, 3.8) is 0 Å². The number of benzene rings is 1. The molecule has 0 bridgehead atoms. The molecule has 2 aromatic rings. The largest absolute Gasteiger partial charge is 0.493 e. The summed E-state index contributed by atoms with van der Waals surface area (Å²) in [6.07, 6.45) is 0.983. The molecule has 1 N–H and O–H groups in total. The standard InChI is InChI=1S/C14H21N5O2/c1-4-8-19-14(16-17-18-19)15-10-11-6-7-12(20-3)13(9-11)21-5-2/h6-7,9H,4-5,8,10H2,1-3H3,(H,15,16,18). The molecule has 7 heteroatoms. The molecule has 0 aliphatic carbocycles. The Labute approximate surface area is 124 Å². The highest BCUT2D eigenvalue weighted by Crippen LogP contribution is 2.28. The molecule has 2 rings (SSSR count). The molecule has 1 aromatic heterocycles. The van der Waals surface area contributed by atoms with Gasteiger partial charge in [0.05, 0.1) is 13.7 Å². The molecule has 1 aromatic carbocycles. The van der Waals surface area contributed by atoms with Crippen LogP contribution in [-0.4, -0.2) is 33.9 Å². The SMILES string of the molecule is CCCn1nnnc1NCc1ccc(OC)c(OCC)c1. The van der Waals surface area contributed by atoms with E-state index in [9.17, 15) is 0 Å². The van der Waals surface area contributed by atoms with Crippen LogP contribution in [0.4, 0.5) is 5.95 Å². The number of nitrogens with one attached hydrogen (secondary N) is 1. The zero-order chi connectivity index (χ0) is 15.1. The van der Waals surface area contributed by atoms with Crippen molar-refractivity contribution in [2.45, 2.75) is 33.4 Å². The van der Waals surface area contributed by atoms with Crippen LogP contribution in [0.3, 0.4) is 0 Å². The highest BCUT2D eigenvalue weighted by molar-refractivity contribution is 5.43. The van der Waals surface area contributed by atoms with Crippen molar-refractivity contribution in [3.05, 3.63) is 23.8 Å². The van der Waals surface area contributed by atoms with Crippen LogP contribution in [0.15, 0.2) is 18.2 Å². The van der Waals surface area contributed by atoms with Crippen LogP contribution in [-0.2, 0) is 13.1 Å². The minimum atomic E-state index is 0.599. The quantitative estimate of drug-likeness (QED) is 0.803. The average Bonchev–Trinajstić information content (AvgIpc) is 2.93. The summed E-state index contributed by atoms with van der Waals surface area (Å²) in [6, 6.07) is 5.85. The van der Waals surface area contributed by atoms with Crippen molar-refractivity contribution < 1.29 is 9.47 Å². The van der Waals surface area contributed by atoms with Crippen LogP contribution in [0.5, 0.6) is 11.5 Å². The maximum absolute atomic E-state index is 5.57. The van der Waals surface area contributed by atoms with Crippen molar-refractivity contribution >= 4 is 5.95 Å². The smallest absolute Gasteiger partial charge is 0.243 e. The van der Waals surface area contributed by atoms with Gasteiger partial charge in [0.2, 0.25) is 5.95 Å². The highest BCUT2D eigenvalue weighted by Gasteiger charge is 2.07. The Morgan fingerprint density at radius 2 is 2.10 bits per heavy atom. The summed E-state index contributed by atoms with van der Waals surface area (Å²) in [4.78, 5) is 0. The molecule has 0 aliphatic rings. The summed E-state index contributed by atoms with van der Waals surface area (Å²) < 4.78 is 12.6. The van der Waals surface area contributed by atoms with Crippen LogP contribution in [0.2, 0.25) is 0 Å². The molecule has 0 saturated heterocycles.